The summed E-state index contributed by atoms with van der Waals surface area (Å²) in [5.74, 6) is 0. The molecule has 19 heavy (non-hydrogen) atoms. The standard InChI is InChI=1S/C13H15BClNO3/c1-3-4-12(15)7-10(2)9-16-6-5-11(14(18)19)8-13(16)17/h3-8,18-19H,1,9H2,2H3/b10-7+,12-4+. The molecule has 0 aromatic carbocycles. The first-order valence-electron chi connectivity index (χ1n) is 5.66. The summed E-state index contributed by atoms with van der Waals surface area (Å²) in [6.07, 6.45) is 6.48. The number of pyridine rings is 1. The molecule has 0 aliphatic heterocycles. The zero-order valence-corrected chi connectivity index (χ0v) is 11.3. The zero-order chi connectivity index (χ0) is 14.4. The Morgan fingerprint density at radius 1 is 1.58 bits per heavy atom. The van der Waals surface area contributed by atoms with Gasteiger partial charge in [0.1, 0.15) is 0 Å². The molecule has 1 rings (SSSR count). The van der Waals surface area contributed by atoms with Gasteiger partial charge in [0.25, 0.3) is 0 Å². The largest absolute Gasteiger partial charge is 0.488 e. The Bertz CT molecular complexity index is 575. The molecule has 0 saturated carbocycles. The summed E-state index contributed by atoms with van der Waals surface area (Å²) in [5.41, 5.74) is 0.761. The first-order valence-corrected chi connectivity index (χ1v) is 6.03. The van der Waals surface area contributed by atoms with Gasteiger partial charge >= 0.3 is 7.12 Å². The maximum Gasteiger partial charge on any atom is 0.488 e. The minimum atomic E-state index is -1.64. The Kier molecular flexibility index (Phi) is 5.82. The lowest BCUT2D eigenvalue weighted by atomic mass is 9.81. The summed E-state index contributed by atoms with van der Waals surface area (Å²) in [5, 5.41) is 18.5. The molecular weight excluding hydrogens is 264 g/mol. The second kappa shape index (κ2) is 7.14. The number of rotatable bonds is 5. The van der Waals surface area contributed by atoms with Gasteiger partial charge in [-0.15, -0.1) is 0 Å². The van der Waals surface area contributed by atoms with Gasteiger partial charge in [-0.1, -0.05) is 29.8 Å². The molecule has 0 atom stereocenters. The minimum Gasteiger partial charge on any atom is -0.423 e. The van der Waals surface area contributed by atoms with E-state index < -0.39 is 7.12 Å². The van der Waals surface area contributed by atoms with E-state index in [1.807, 2.05) is 6.92 Å². The van der Waals surface area contributed by atoms with Crippen LogP contribution < -0.4 is 11.0 Å². The lowest BCUT2D eigenvalue weighted by molar-refractivity contribution is 0.425. The van der Waals surface area contributed by atoms with Gasteiger partial charge in [0.2, 0.25) is 5.56 Å². The van der Waals surface area contributed by atoms with Crippen molar-refractivity contribution in [3.05, 3.63) is 64.1 Å². The van der Waals surface area contributed by atoms with Crippen LogP contribution in [-0.2, 0) is 6.54 Å². The Morgan fingerprint density at radius 2 is 2.26 bits per heavy atom. The van der Waals surface area contributed by atoms with Crippen molar-refractivity contribution in [2.45, 2.75) is 13.5 Å². The average Bonchev–Trinajstić information content (AvgIpc) is 2.31. The fourth-order valence-electron chi connectivity index (χ4n) is 1.52. The summed E-state index contributed by atoms with van der Waals surface area (Å²) in [6.45, 7) is 5.76. The van der Waals surface area contributed by atoms with Crippen LogP contribution in [0.25, 0.3) is 0 Å². The Morgan fingerprint density at radius 3 is 2.79 bits per heavy atom. The minimum absolute atomic E-state index is 0.174. The van der Waals surface area contributed by atoms with Crippen molar-refractivity contribution in [1.29, 1.82) is 0 Å². The predicted octanol–water partition coefficient (Wildman–Crippen LogP) is 0.783. The normalized spacial score (nSPS) is 12.4. The maximum absolute atomic E-state index is 11.7. The van der Waals surface area contributed by atoms with Crippen LogP contribution in [0.1, 0.15) is 6.92 Å². The van der Waals surface area contributed by atoms with Gasteiger partial charge in [-0.3, -0.25) is 4.79 Å². The summed E-state index contributed by atoms with van der Waals surface area (Å²) >= 11 is 5.91. The molecule has 1 heterocycles. The van der Waals surface area contributed by atoms with Crippen molar-refractivity contribution >= 4 is 24.2 Å². The zero-order valence-electron chi connectivity index (χ0n) is 10.6. The third-order valence-corrected chi connectivity index (χ3v) is 2.63. The monoisotopic (exact) mass is 279 g/mol. The third-order valence-electron chi connectivity index (χ3n) is 2.40. The van der Waals surface area contributed by atoms with E-state index in [1.165, 1.54) is 22.9 Å². The van der Waals surface area contributed by atoms with Gasteiger partial charge < -0.3 is 14.6 Å². The topological polar surface area (TPSA) is 62.5 Å². The molecule has 0 aliphatic carbocycles. The summed E-state index contributed by atoms with van der Waals surface area (Å²) < 4.78 is 1.45. The molecule has 0 bridgehead atoms. The van der Waals surface area contributed by atoms with Crippen LogP contribution in [0.2, 0.25) is 0 Å². The second-order valence-corrected chi connectivity index (χ2v) is 4.51. The summed E-state index contributed by atoms with van der Waals surface area (Å²) in [6, 6.07) is 2.68. The van der Waals surface area contributed by atoms with Crippen LogP contribution in [0.4, 0.5) is 0 Å². The Labute approximate surface area is 117 Å². The van der Waals surface area contributed by atoms with E-state index in [0.29, 0.717) is 11.6 Å². The second-order valence-electron chi connectivity index (χ2n) is 4.08. The van der Waals surface area contributed by atoms with E-state index in [0.717, 1.165) is 5.57 Å². The van der Waals surface area contributed by atoms with Gasteiger partial charge in [-0.05, 0) is 30.6 Å². The van der Waals surface area contributed by atoms with E-state index in [9.17, 15) is 4.79 Å². The highest BCUT2D eigenvalue weighted by Gasteiger charge is 2.11. The number of hydrogen-bond donors (Lipinski definition) is 2. The van der Waals surface area contributed by atoms with E-state index in [1.54, 1.807) is 18.2 Å². The van der Waals surface area contributed by atoms with E-state index in [-0.39, 0.29) is 11.0 Å². The highest BCUT2D eigenvalue weighted by atomic mass is 35.5. The highest BCUT2D eigenvalue weighted by Crippen LogP contribution is 2.08. The SMILES string of the molecule is C=C/C=C(Cl)\C=C(/C)Cn1ccc(B(O)O)cc1=O. The van der Waals surface area contributed by atoms with Crippen LogP contribution in [0.5, 0.6) is 0 Å². The number of allylic oxidation sites excluding steroid dienone is 5. The van der Waals surface area contributed by atoms with Crippen molar-refractivity contribution < 1.29 is 10.0 Å². The quantitative estimate of drug-likeness (QED) is 0.618. The number of halogens is 1. The predicted molar refractivity (Wildman–Crippen MR) is 78.4 cm³/mol. The molecule has 1 aromatic rings. The van der Waals surface area contributed by atoms with Gasteiger partial charge in [0.15, 0.2) is 0 Å². The van der Waals surface area contributed by atoms with Crippen molar-refractivity contribution in [2.24, 2.45) is 0 Å². The van der Waals surface area contributed by atoms with Crippen molar-refractivity contribution in [3.8, 4) is 0 Å². The van der Waals surface area contributed by atoms with Crippen LogP contribution in [0, 0.1) is 0 Å². The smallest absolute Gasteiger partial charge is 0.423 e. The van der Waals surface area contributed by atoms with Crippen molar-refractivity contribution in [1.82, 2.24) is 4.57 Å². The molecule has 100 valence electrons. The Balaban J connectivity index is 2.92. The fraction of sp³-hybridized carbons (Fsp3) is 0.154. The average molecular weight is 280 g/mol. The van der Waals surface area contributed by atoms with Crippen LogP contribution >= 0.6 is 11.6 Å². The molecule has 0 aliphatic rings. The lowest BCUT2D eigenvalue weighted by Crippen LogP contribution is -2.35. The van der Waals surface area contributed by atoms with Crippen LogP contribution in [0.15, 0.2) is 58.5 Å². The van der Waals surface area contributed by atoms with Gasteiger partial charge in [-0.25, -0.2) is 0 Å². The first-order chi connectivity index (χ1) is 8.93. The van der Waals surface area contributed by atoms with Crippen molar-refractivity contribution in [3.63, 3.8) is 0 Å². The van der Waals surface area contributed by atoms with Crippen LogP contribution in [0.3, 0.4) is 0 Å². The molecule has 0 fully saturated rings. The molecule has 0 unspecified atom stereocenters. The maximum atomic E-state index is 11.7. The van der Waals surface area contributed by atoms with Gasteiger partial charge in [0, 0.05) is 23.8 Å². The first kappa shape index (κ1) is 15.5. The molecule has 1 aromatic heterocycles. The Hall–Kier alpha value is -1.56. The fourth-order valence-corrected chi connectivity index (χ4v) is 1.80. The summed E-state index contributed by atoms with van der Waals surface area (Å²) in [4.78, 5) is 11.7. The van der Waals surface area contributed by atoms with Crippen molar-refractivity contribution in [2.75, 3.05) is 0 Å². The molecule has 6 heteroatoms. The van der Waals surface area contributed by atoms with E-state index in [2.05, 4.69) is 6.58 Å². The number of hydrogen-bond acceptors (Lipinski definition) is 3. The third kappa shape index (κ3) is 4.91. The van der Waals surface area contributed by atoms with Gasteiger partial charge in [-0.2, -0.15) is 0 Å². The molecule has 4 nitrogen and oxygen atoms in total. The van der Waals surface area contributed by atoms with Gasteiger partial charge in [0.05, 0.1) is 0 Å². The van der Waals surface area contributed by atoms with E-state index >= 15 is 0 Å². The highest BCUT2D eigenvalue weighted by molar-refractivity contribution is 6.58. The number of aromatic nitrogens is 1. The van der Waals surface area contributed by atoms with Crippen LogP contribution in [-0.4, -0.2) is 21.7 Å². The lowest BCUT2D eigenvalue weighted by Gasteiger charge is -2.07. The number of nitrogens with zero attached hydrogens (tertiary/aromatic N) is 1. The molecule has 2 N–H and O–H groups in total. The molecule has 0 amide bonds. The van der Waals surface area contributed by atoms with E-state index in [4.69, 9.17) is 21.6 Å². The molecule has 0 spiro atoms. The molecule has 0 saturated heterocycles. The molecular formula is C13H15BClNO3. The molecule has 0 radical (unpaired) electrons. The summed E-state index contributed by atoms with van der Waals surface area (Å²) in [7, 11) is -1.64.